The number of hydroxylamine groups is 1. The highest BCUT2D eigenvalue weighted by molar-refractivity contribution is 5.83. The highest BCUT2D eigenvalue weighted by Crippen LogP contribution is 2.19. The molecule has 1 amide bonds. The molecule has 1 unspecified atom stereocenters. The number of hydrogen-bond donors (Lipinski definition) is 5. The number of nitrogens with zero attached hydrogens (tertiary/aromatic N) is 2. The van der Waals surface area contributed by atoms with Gasteiger partial charge in [-0.1, -0.05) is 12.1 Å². The molecule has 0 saturated carbocycles. The van der Waals surface area contributed by atoms with Gasteiger partial charge in [-0.05, 0) is 42.0 Å². The fraction of sp³-hybridized carbons (Fsp3) is 0.150. The number of benzene rings is 2. The van der Waals surface area contributed by atoms with Crippen LogP contribution in [0.1, 0.15) is 17.3 Å². The van der Waals surface area contributed by atoms with Gasteiger partial charge in [0.1, 0.15) is 17.5 Å². The van der Waals surface area contributed by atoms with Crippen molar-refractivity contribution in [3.05, 3.63) is 72.2 Å². The Bertz CT molecular complexity index is 912. The number of rotatable bonds is 7. The maximum absolute atomic E-state index is 12.3. The van der Waals surface area contributed by atoms with Gasteiger partial charge in [-0.2, -0.15) is 5.48 Å². The molecular formula is C20H20N4O4. The van der Waals surface area contributed by atoms with Crippen LogP contribution in [0.25, 0.3) is 11.3 Å². The summed E-state index contributed by atoms with van der Waals surface area (Å²) in [4.78, 5) is 21.0. The molecule has 144 valence electrons. The van der Waals surface area contributed by atoms with Crippen LogP contribution in [-0.2, 0) is 11.2 Å². The predicted molar refractivity (Wildman–Crippen MR) is 102 cm³/mol. The number of hydrogen-bond acceptors (Lipinski definition) is 7. The van der Waals surface area contributed by atoms with Crippen molar-refractivity contribution in [1.29, 1.82) is 0 Å². The van der Waals surface area contributed by atoms with Crippen molar-refractivity contribution < 1.29 is 20.2 Å². The second-order valence-corrected chi connectivity index (χ2v) is 6.13. The summed E-state index contributed by atoms with van der Waals surface area (Å²) >= 11 is 0. The molecule has 0 fully saturated rings. The van der Waals surface area contributed by atoms with E-state index in [1.165, 1.54) is 12.1 Å². The molecular weight excluding hydrogens is 360 g/mol. The van der Waals surface area contributed by atoms with Gasteiger partial charge in [-0.25, -0.2) is 0 Å². The van der Waals surface area contributed by atoms with Crippen LogP contribution in [0.3, 0.4) is 0 Å². The molecule has 8 nitrogen and oxygen atoms in total. The molecule has 2 aromatic carbocycles. The standard InChI is InChI=1S/C20H20N4O4/c25-16-5-1-13(2-6-16)18-12-22-15(11-23-18)9-10-21-20(27)19(24-28)14-3-7-17(26)8-4-14/h1-8,11-12,19,24-26,28H,9-10H2,(H,21,27). The molecule has 28 heavy (non-hydrogen) atoms. The quantitative estimate of drug-likeness (QED) is 0.396. The van der Waals surface area contributed by atoms with Crippen molar-refractivity contribution in [2.45, 2.75) is 12.5 Å². The summed E-state index contributed by atoms with van der Waals surface area (Å²) in [6, 6.07) is 11.7. The van der Waals surface area contributed by atoms with E-state index >= 15 is 0 Å². The van der Waals surface area contributed by atoms with Crippen molar-refractivity contribution in [3.63, 3.8) is 0 Å². The second-order valence-electron chi connectivity index (χ2n) is 6.13. The molecule has 0 spiro atoms. The van der Waals surface area contributed by atoms with E-state index in [1.54, 1.807) is 48.8 Å². The SMILES string of the molecule is O=C(NCCc1cnc(-c2ccc(O)cc2)cn1)C(NO)c1ccc(O)cc1. The van der Waals surface area contributed by atoms with Crippen LogP contribution in [0.4, 0.5) is 0 Å². The van der Waals surface area contributed by atoms with Gasteiger partial charge in [0.05, 0.1) is 17.6 Å². The molecule has 8 heteroatoms. The third-order valence-electron chi connectivity index (χ3n) is 4.17. The van der Waals surface area contributed by atoms with Crippen molar-refractivity contribution in [2.75, 3.05) is 6.54 Å². The number of carbonyl (C=O) groups excluding carboxylic acids is 1. The lowest BCUT2D eigenvalue weighted by molar-refractivity contribution is -0.125. The summed E-state index contributed by atoms with van der Waals surface area (Å²) < 4.78 is 0. The van der Waals surface area contributed by atoms with E-state index in [4.69, 9.17) is 0 Å². The highest BCUT2D eigenvalue weighted by atomic mass is 16.5. The first-order chi connectivity index (χ1) is 13.6. The van der Waals surface area contributed by atoms with Gasteiger partial charge in [-0.15, -0.1) is 0 Å². The summed E-state index contributed by atoms with van der Waals surface area (Å²) in [7, 11) is 0. The monoisotopic (exact) mass is 380 g/mol. The Kier molecular flexibility index (Phi) is 6.15. The Balaban J connectivity index is 1.54. The molecule has 0 aliphatic heterocycles. The van der Waals surface area contributed by atoms with E-state index in [-0.39, 0.29) is 11.5 Å². The van der Waals surface area contributed by atoms with Crippen LogP contribution in [0.15, 0.2) is 60.9 Å². The summed E-state index contributed by atoms with van der Waals surface area (Å²) in [5, 5.41) is 30.7. The summed E-state index contributed by atoms with van der Waals surface area (Å²) in [6.45, 7) is 0.322. The van der Waals surface area contributed by atoms with E-state index in [9.17, 15) is 20.2 Å². The zero-order valence-electron chi connectivity index (χ0n) is 14.9. The minimum Gasteiger partial charge on any atom is -0.508 e. The summed E-state index contributed by atoms with van der Waals surface area (Å²) in [5.74, 6) is -0.135. The van der Waals surface area contributed by atoms with Gasteiger partial charge in [0, 0.05) is 24.7 Å². The average molecular weight is 380 g/mol. The van der Waals surface area contributed by atoms with Gasteiger partial charge in [0.15, 0.2) is 0 Å². The minimum absolute atomic E-state index is 0.0789. The second kappa shape index (κ2) is 8.94. The van der Waals surface area contributed by atoms with E-state index in [0.29, 0.717) is 29.9 Å². The Morgan fingerprint density at radius 2 is 1.57 bits per heavy atom. The Morgan fingerprint density at radius 1 is 0.929 bits per heavy atom. The molecule has 5 N–H and O–H groups in total. The van der Waals surface area contributed by atoms with E-state index < -0.39 is 11.9 Å². The third kappa shape index (κ3) is 4.81. The molecule has 1 aromatic heterocycles. The molecule has 0 saturated heterocycles. The first-order valence-corrected chi connectivity index (χ1v) is 8.63. The van der Waals surface area contributed by atoms with E-state index in [2.05, 4.69) is 15.3 Å². The van der Waals surface area contributed by atoms with Crippen molar-refractivity contribution in [3.8, 4) is 22.8 Å². The fourth-order valence-electron chi connectivity index (χ4n) is 2.63. The van der Waals surface area contributed by atoms with Crippen LogP contribution in [0.2, 0.25) is 0 Å². The van der Waals surface area contributed by atoms with Gasteiger partial charge < -0.3 is 20.7 Å². The topological polar surface area (TPSA) is 128 Å². The van der Waals surface area contributed by atoms with Crippen molar-refractivity contribution >= 4 is 5.91 Å². The average Bonchev–Trinajstić information content (AvgIpc) is 2.71. The number of amides is 1. The number of phenolic OH excluding ortho intramolecular Hbond substituents is 2. The zero-order valence-corrected chi connectivity index (χ0v) is 14.9. The smallest absolute Gasteiger partial charge is 0.244 e. The Labute approximate surface area is 161 Å². The van der Waals surface area contributed by atoms with Gasteiger partial charge in [0.25, 0.3) is 0 Å². The largest absolute Gasteiger partial charge is 0.508 e. The Morgan fingerprint density at radius 3 is 2.14 bits per heavy atom. The molecule has 3 rings (SSSR count). The van der Waals surface area contributed by atoms with Crippen LogP contribution in [0, 0.1) is 0 Å². The molecule has 0 aliphatic rings. The van der Waals surface area contributed by atoms with Gasteiger partial charge >= 0.3 is 0 Å². The van der Waals surface area contributed by atoms with Crippen LogP contribution in [-0.4, -0.2) is 37.8 Å². The normalized spacial score (nSPS) is 11.8. The maximum Gasteiger partial charge on any atom is 0.244 e. The minimum atomic E-state index is -0.941. The van der Waals surface area contributed by atoms with Crippen LogP contribution >= 0.6 is 0 Å². The lowest BCUT2D eigenvalue weighted by Crippen LogP contribution is -2.37. The molecule has 0 aliphatic carbocycles. The van der Waals surface area contributed by atoms with Crippen LogP contribution < -0.4 is 10.8 Å². The van der Waals surface area contributed by atoms with E-state index in [1.807, 2.05) is 5.48 Å². The zero-order chi connectivity index (χ0) is 19.9. The molecule has 3 aromatic rings. The number of aromatic nitrogens is 2. The van der Waals surface area contributed by atoms with Crippen molar-refractivity contribution in [2.24, 2.45) is 0 Å². The molecule has 1 atom stereocenters. The van der Waals surface area contributed by atoms with E-state index in [0.717, 1.165) is 5.56 Å². The first-order valence-electron chi connectivity index (χ1n) is 8.63. The third-order valence-corrected chi connectivity index (χ3v) is 4.17. The number of aromatic hydroxyl groups is 2. The maximum atomic E-state index is 12.3. The first kappa shape index (κ1) is 19.3. The predicted octanol–water partition coefficient (Wildman–Crippen LogP) is 1.93. The molecule has 1 heterocycles. The lowest BCUT2D eigenvalue weighted by Gasteiger charge is -2.15. The van der Waals surface area contributed by atoms with Gasteiger partial charge in [0.2, 0.25) is 5.91 Å². The summed E-state index contributed by atoms with van der Waals surface area (Å²) in [6.07, 6.45) is 3.75. The highest BCUT2D eigenvalue weighted by Gasteiger charge is 2.19. The number of carbonyl (C=O) groups is 1. The fourth-order valence-corrected chi connectivity index (χ4v) is 2.63. The number of nitrogens with one attached hydrogen (secondary N) is 2. The lowest BCUT2D eigenvalue weighted by atomic mass is 10.1. The summed E-state index contributed by atoms with van der Waals surface area (Å²) in [5.41, 5.74) is 4.74. The molecule has 0 bridgehead atoms. The van der Waals surface area contributed by atoms with Crippen LogP contribution in [0.5, 0.6) is 11.5 Å². The van der Waals surface area contributed by atoms with Gasteiger partial charge in [-0.3, -0.25) is 14.8 Å². The number of phenols is 2. The Hall–Kier alpha value is -3.49. The molecule has 0 radical (unpaired) electrons. The van der Waals surface area contributed by atoms with Crippen molar-refractivity contribution in [1.82, 2.24) is 20.8 Å².